The molecular formula is C8H11N. The van der Waals surface area contributed by atoms with Crippen LogP contribution in [-0.4, -0.2) is 24.0 Å². The van der Waals surface area contributed by atoms with Gasteiger partial charge < -0.3 is 0 Å². The maximum Gasteiger partial charge on any atom is 0.0465 e. The van der Waals surface area contributed by atoms with E-state index in [1.807, 2.05) is 0 Å². The van der Waals surface area contributed by atoms with Crippen LogP contribution in [0.25, 0.3) is 0 Å². The third kappa shape index (κ3) is 0.648. The number of likely N-dealkylation sites (N-methyl/N-ethyl adjacent to an activating group) is 1. The minimum atomic E-state index is 0.601. The van der Waals surface area contributed by atoms with Crippen LogP contribution in [0.1, 0.15) is 6.42 Å². The van der Waals surface area contributed by atoms with E-state index in [9.17, 15) is 0 Å². The van der Waals surface area contributed by atoms with Crippen molar-refractivity contribution < 1.29 is 0 Å². The number of nitrogens with zero attached hydrogens (tertiary/aromatic N) is 1. The first kappa shape index (κ1) is 5.24. The number of hydrogen-bond acceptors (Lipinski definition) is 1. The van der Waals surface area contributed by atoms with Crippen LogP contribution >= 0.6 is 0 Å². The molecule has 2 atom stereocenters. The highest BCUT2D eigenvalue weighted by Crippen LogP contribution is 2.22. The Morgan fingerprint density at radius 3 is 2.89 bits per heavy atom. The highest BCUT2D eigenvalue weighted by atomic mass is 15.2. The van der Waals surface area contributed by atoms with Crippen LogP contribution in [0.5, 0.6) is 0 Å². The molecule has 0 radical (unpaired) electrons. The summed E-state index contributed by atoms with van der Waals surface area (Å²) in [5, 5.41) is 0. The van der Waals surface area contributed by atoms with Crippen LogP contribution in [0.2, 0.25) is 0 Å². The SMILES string of the molecule is CN1C2C=CCC1C=C2. The van der Waals surface area contributed by atoms with E-state index in [0.717, 1.165) is 0 Å². The Hall–Kier alpha value is -0.560. The fraction of sp³-hybridized carbons (Fsp3) is 0.500. The topological polar surface area (TPSA) is 3.24 Å². The van der Waals surface area contributed by atoms with Gasteiger partial charge in [0.05, 0.1) is 0 Å². The molecule has 0 saturated heterocycles. The van der Waals surface area contributed by atoms with Gasteiger partial charge in [-0.2, -0.15) is 0 Å². The van der Waals surface area contributed by atoms with Crippen molar-refractivity contribution >= 4 is 0 Å². The average Bonchev–Trinajstić information content (AvgIpc) is 2.19. The summed E-state index contributed by atoms with van der Waals surface area (Å²) >= 11 is 0. The minimum absolute atomic E-state index is 0.601. The molecule has 1 nitrogen and oxygen atoms in total. The molecule has 0 spiro atoms. The minimum Gasteiger partial charge on any atom is -0.290 e. The Labute approximate surface area is 55.7 Å². The van der Waals surface area contributed by atoms with Gasteiger partial charge in [-0.15, -0.1) is 0 Å². The van der Waals surface area contributed by atoms with E-state index in [1.54, 1.807) is 0 Å². The quantitative estimate of drug-likeness (QED) is 0.435. The van der Waals surface area contributed by atoms with Gasteiger partial charge >= 0.3 is 0 Å². The van der Waals surface area contributed by atoms with Gasteiger partial charge in [-0.1, -0.05) is 24.3 Å². The van der Waals surface area contributed by atoms with Crippen molar-refractivity contribution in [3.05, 3.63) is 24.3 Å². The summed E-state index contributed by atoms with van der Waals surface area (Å²) in [5.41, 5.74) is 0. The number of fused-ring (bicyclic) bond motifs is 2. The van der Waals surface area contributed by atoms with Gasteiger partial charge in [0.25, 0.3) is 0 Å². The molecule has 0 aromatic carbocycles. The van der Waals surface area contributed by atoms with Gasteiger partial charge in [0.1, 0.15) is 0 Å². The highest BCUT2D eigenvalue weighted by molar-refractivity contribution is 5.21. The summed E-state index contributed by atoms with van der Waals surface area (Å²) < 4.78 is 0. The third-order valence-corrected chi connectivity index (χ3v) is 2.23. The van der Waals surface area contributed by atoms with E-state index in [2.05, 4.69) is 36.3 Å². The van der Waals surface area contributed by atoms with Crippen LogP contribution in [0, 0.1) is 0 Å². The second-order valence-corrected chi connectivity index (χ2v) is 2.77. The van der Waals surface area contributed by atoms with Crippen LogP contribution in [-0.2, 0) is 0 Å². The van der Waals surface area contributed by atoms with Crippen LogP contribution < -0.4 is 0 Å². The zero-order valence-corrected chi connectivity index (χ0v) is 5.62. The smallest absolute Gasteiger partial charge is 0.0465 e. The van der Waals surface area contributed by atoms with Gasteiger partial charge in [0.2, 0.25) is 0 Å². The van der Waals surface area contributed by atoms with Gasteiger partial charge in [-0.25, -0.2) is 0 Å². The lowest BCUT2D eigenvalue weighted by Crippen LogP contribution is -2.34. The van der Waals surface area contributed by atoms with Gasteiger partial charge in [-0.05, 0) is 13.5 Å². The number of hydrogen-bond donors (Lipinski definition) is 0. The summed E-state index contributed by atoms with van der Waals surface area (Å²) in [6.07, 6.45) is 10.3. The standard InChI is InChI=1S/C8H11N/c1-9-7-3-2-4-8(9)6-5-7/h2-3,5-8H,4H2,1H3. The zero-order chi connectivity index (χ0) is 6.27. The molecule has 0 aromatic heterocycles. The fourth-order valence-electron chi connectivity index (χ4n) is 1.54. The maximum atomic E-state index is 2.39. The number of rotatable bonds is 0. The van der Waals surface area contributed by atoms with Gasteiger partial charge in [0, 0.05) is 12.1 Å². The van der Waals surface area contributed by atoms with E-state index in [0.29, 0.717) is 12.1 Å². The molecular weight excluding hydrogens is 110 g/mol. The van der Waals surface area contributed by atoms with Crippen molar-refractivity contribution in [2.75, 3.05) is 7.05 Å². The first-order valence-corrected chi connectivity index (χ1v) is 3.45. The van der Waals surface area contributed by atoms with Crippen LogP contribution in [0.4, 0.5) is 0 Å². The molecule has 0 aromatic rings. The van der Waals surface area contributed by atoms with Crippen molar-refractivity contribution in [2.45, 2.75) is 18.5 Å². The molecule has 0 saturated carbocycles. The molecule has 9 heavy (non-hydrogen) atoms. The molecule has 1 heteroatoms. The molecule has 2 unspecified atom stereocenters. The summed E-state index contributed by atoms with van der Waals surface area (Å²) in [7, 11) is 2.18. The molecule has 0 amide bonds. The largest absolute Gasteiger partial charge is 0.290 e. The third-order valence-electron chi connectivity index (χ3n) is 2.23. The van der Waals surface area contributed by atoms with Gasteiger partial charge in [0.15, 0.2) is 0 Å². The molecule has 2 aliphatic rings. The molecule has 2 heterocycles. The Bertz CT molecular complexity index is 167. The summed E-state index contributed by atoms with van der Waals surface area (Å²) in [4.78, 5) is 2.39. The molecule has 2 bridgehead atoms. The van der Waals surface area contributed by atoms with Gasteiger partial charge in [-0.3, -0.25) is 4.90 Å². The Balaban J connectivity index is 2.30. The predicted molar refractivity (Wildman–Crippen MR) is 38.2 cm³/mol. The lowest BCUT2D eigenvalue weighted by Gasteiger charge is -2.26. The molecule has 0 N–H and O–H groups in total. The Morgan fingerprint density at radius 2 is 2.22 bits per heavy atom. The van der Waals surface area contributed by atoms with Crippen LogP contribution in [0.3, 0.4) is 0 Å². The van der Waals surface area contributed by atoms with Crippen molar-refractivity contribution in [1.29, 1.82) is 0 Å². The lowest BCUT2D eigenvalue weighted by atomic mass is 10.1. The fourth-order valence-corrected chi connectivity index (χ4v) is 1.54. The second-order valence-electron chi connectivity index (χ2n) is 2.77. The lowest BCUT2D eigenvalue weighted by molar-refractivity contribution is 0.279. The van der Waals surface area contributed by atoms with E-state index >= 15 is 0 Å². The van der Waals surface area contributed by atoms with Crippen molar-refractivity contribution in [2.24, 2.45) is 0 Å². The van der Waals surface area contributed by atoms with E-state index in [-0.39, 0.29) is 0 Å². The summed E-state index contributed by atoms with van der Waals surface area (Å²) in [6.45, 7) is 0. The molecule has 2 rings (SSSR count). The first-order chi connectivity index (χ1) is 4.38. The first-order valence-electron chi connectivity index (χ1n) is 3.45. The zero-order valence-electron chi connectivity index (χ0n) is 5.62. The van der Waals surface area contributed by atoms with Crippen molar-refractivity contribution in [3.63, 3.8) is 0 Å². The average molecular weight is 121 g/mol. The molecule has 0 fully saturated rings. The van der Waals surface area contributed by atoms with Crippen molar-refractivity contribution in [1.82, 2.24) is 4.90 Å². The maximum absolute atomic E-state index is 2.39. The predicted octanol–water partition coefficient (Wildman–Crippen LogP) is 1.19. The highest BCUT2D eigenvalue weighted by Gasteiger charge is 2.24. The monoisotopic (exact) mass is 121 g/mol. The van der Waals surface area contributed by atoms with Crippen LogP contribution in [0.15, 0.2) is 24.3 Å². The molecule has 48 valence electrons. The van der Waals surface area contributed by atoms with Crippen molar-refractivity contribution in [3.8, 4) is 0 Å². The molecule has 0 aliphatic carbocycles. The second kappa shape index (κ2) is 1.71. The van der Waals surface area contributed by atoms with E-state index in [4.69, 9.17) is 0 Å². The Morgan fingerprint density at radius 1 is 1.33 bits per heavy atom. The summed E-state index contributed by atoms with van der Waals surface area (Å²) in [5.74, 6) is 0. The summed E-state index contributed by atoms with van der Waals surface area (Å²) in [6, 6.07) is 1.30. The Kier molecular flexibility index (Phi) is 0.995. The van der Waals surface area contributed by atoms with E-state index < -0.39 is 0 Å². The normalized spacial score (nSPS) is 40.1. The van der Waals surface area contributed by atoms with E-state index in [1.165, 1.54) is 6.42 Å². The molecule has 2 aliphatic heterocycles.